The maximum Gasteiger partial charge on any atom is 0.340 e. The molecule has 0 aromatic heterocycles. The minimum absolute atomic E-state index is 0.201. The van der Waals surface area contributed by atoms with Gasteiger partial charge in [0.15, 0.2) is 12.4 Å². The predicted molar refractivity (Wildman–Crippen MR) is 83.8 cm³/mol. The Kier molecular flexibility index (Phi) is 5.49. The summed E-state index contributed by atoms with van der Waals surface area (Å²) in [5.74, 6) is -1.15. The first-order valence-electron chi connectivity index (χ1n) is 6.70. The van der Waals surface area contributed by atoms with Crippen molar-refractivity contribution in [1.29, 1.82) is 0 Å². The number of ether oxygens (including phenoxy) is 2. The van der Waals surface area contributed by atoms with Crippen molar-refractivity contribution in [3.63, 3.8) is 0 Å². The third kappa shape index (κ3) is 4.66. The number of carbonyl (C=O) groups is 3. The second kappa shape index (κ2) is 7.56. The third-order valence-electron chi connectivity index (χ3n) is 2.87. The van der Waals surface area contributed by atoms with Crippen molar-refractivity contribution in [1.82, 2.24) is 0 Å². The summed E-state index contributed by atoms with van der Waals surface area (Å²) < 4.78 is 9.83. The Morgan fingerprint density at radius 2 is 1.65 bits per heavy atom. The zero-order chi connectivity index (χ0) is 16.8. The molecular weight excluding hydrogens is 320 g/mol. The molecule has 0 aliphatic rings. The highest BCUT2D eigenvalue weighted by molar-refractivity contribution is 6.33. The smallest absolute Gasteiger partial charge is 0.340 e. The summed E-state index contributed by atoms with van der Waals surface area (Å²) in [5.41, 5.74) is 0.542. The topological polar surface area (TPSA) is 69.7 Å². The highest BCUT2D eigenvalue weighted by atomic mass is 35.5. The molecule has 0 N–H and O–H groups in total. The van der Waals surface area contributed by atoms with Gasteiger partial charge in [0, 0.05) is 12.5 Å². The van der Waals surface area contributed by atoms with E-state index in [9.17, 15) is 14.4 Å². The Morgan fingerprint density at radius 1 is 1.00 bits per heavy atom. The number of halogens is 1. The Morgan fingerprint density at radius 3 is 2.26 bits per heavy atom. The molecule has 0 heterocycles. The van der Waals surface area contributed by atoms with Gasteiger partial charge in [0.2, 0.25) is 0 Å². The Balaban J connectivity index is 1.95. The van der Waals surface area contributed by atoms with Crippen LogP contribution in [0.25, 0.3) is 0 Å². The number of hydrogen-bond acceptors (Lipinski definition) is 5. The number of hydrogen-bond donors (Lipinski definition) is 0. The zero-order valence-corrected chi connectivity index (χ0v) is 13.0. The highest BCUT2D eigenvalue weighted by Crippen LogP contribution is 2.16. The van der Waals surface area contributed by atoms with E-state index < -0.39 is 18.5 Å². The first kappa shape index (κ1) is 16.7. The molecule has 0 aliphatic heterocycles. The number of esters is 2. The van der Waals surface area contributed by atoms with Crippen molar-refractivity contribution in [2.24, 2.45) is 0 Å². The monoisotopic (exact) mass is 332 g/mol. The van der Waals surface area contributed by atoms with Gasteiger partial charge < -0.3 is 9.47 Å². The van der Waals surface area contributed by atoms with Crippen LogP contribution in [0.5, 0.6) is 5.75 Å². The molecule has 0 fully saturated rings. The Labute approximate surface area is 137 Å². The summed E-state index contributed by atoms with van der Waals surface area (Å²) in [4.78, 5) is 34.7. The molecular formula is C17H13ClO5. The summed E-state index contributed by atoms with van der Waals surface area (Å²) in [5, 5.41) is 0.260. The lowest BCUT2D eigenvalue weighted by Crippen LogP contribution is -2.14. The maximum absolute atomic E-state index is 12.0. The van der Waals surface area contributed by atoms with Crippen LogP contribution in [0.2, 0.25) is 5.02 Å². The standard InChI is InChI=1S/C17H13ClO5/c1-11(19)23-13-8-6-12(7-9-13)16(20)10-22-17(21)14-4-2-3-5-15(14)18/h2-9H,10H2,1H3. The van der Waals surface area contributed by atoms with E-state index in [-0.39, 0.29) is 16.4 Å². The normalized spacial score (nSPS) is 10.0. The van der Waals surface area contributed by atoms with E-state index in [2.05, 4.69) is 0 Å². The first-order chi connectivity index (χ1) is 11.0. The predicted octanol–water partition coefficient (Wildman–Crippen LogP) is 3.31. The number of benzene rings is 2. The molecule has 0 aliphatic carbocycles. The minimum atomic E-state index is -0.666. The molecule has 0 bridgehead atoms. The van der Waals surface area contributed by atoms with Gasteiger partial charge in [-0.2, -0.15) is 0 Å². The SMILES string of the molecule is CC(=O)Oc1ccc(C(=O)COC(=O)c2ccccc2Cl)cc1. The molecule has 0 saturated carbocycles. The second-order valence-electron chi connectivity index (χ2n) is 4.60. The van der Waals surface area contributed by atoms with Gasteiger partial charge in [-0.1, -0.05) is 23.7 Å². The lowest BCUT2D eigenvalue weighted by atomic mass is 10.1. The average Bonchev–Trinajstić information content (AvgIpc) is 2.53. The van der Waals surface area contributed by atoms with Gasteiger partial charge in [0.05, 0.1) is 10.6 Å². The van der Waals surface area contributed by atoms with Gasteiger partial charge in [0.1, 0.15) is 5.75 Å². The van der Waals surface area contributed by atoms with Crippen LogP contribution in [0.4, 0.5) is 0 Å². The molecule has 2 aromatic rings. The van der Waals surface area contributed by atoms with Crippen LogP contribution >= 0.6 is 11.6 Å². The lowest BCUT2D eigenvalue weighted by molar-refractivity contribution is -0.131. The quantitative estimate of drug-likeness (QED) is 0.477. The molecule has 0 amide bonds. The molecule has 2 aromatic carbocycles. The van der Waals surface area contributed by atoms with Crippen molar-refractivity contribution in [2.75, 3.05) is 6.61 Å². The van der Waals surface area contributed by atoms with E-state index in [4.69, 9.17) is 21.1 Å². The second-order valence-corrected chi connectivity index (χ2v) is 5.00. The van der Waals surface area contributed by atoms with Crippen LogP contribution in [0, 0.1) is 0 Å². The number of Topliss-reactive ketones (excluding diaryl/α,β-unsaturated/α-hetero) is 1. The van der Waals surface area contributed by atoms with Crippen LogP contribution in [0.15, 0.2) is 48.5 Å². The summed E-state index contributed by atoms with van der Waals surface area (Å²) in [7, 11) is 0. The van der Waals surface area contributed by atoms with Gasteiger partial charge in [-0.3, -0.25) is 9.59 Å². The first-order valence-corrected chi connectivity index (χ1v) is 7.08. The molecule has 5 nitrogen and oxygen atoms in total. The van der Waals surface area contributed by atoms with E-state index in [1.165, 1.54) is 37.3 Å². The van der Waals surface area contributed by atoms with Crippen LogP contribution in [-0.4, -0.2) is 24.3 Å². The van der Waals surface area contributed by atoms with Crippen molar-refractivity contribution in [3.8, 4) is 5.75 Å². The molecule has 0 unspecified atom stereocenters. The van der Waals surface area contributed by atoms with Crippen molar-refractivity contribution in [3.05, 3.63) is 64.7 Å². The molecule has 0 saturated heterocycles. The average molecular weight is 333 g/mol. The van der Waals surface area contributed by atoms with E-state index in [1.807, 2.05) is 0 Å². The van der Waals surface area contributed by atoms with Gasteiger partial charge in [-0.25, -0.2) is 4.79 Å². The van der Waals surface area contributed by atoms with Crippen LogP contribution in [0.3, 0.4) is 0 Å². The fourth-order valence-electron chi connectivity index (χ4n) is 1.79. The van der Waals surface area contributed by atoms with Gasteiger partial charge >= 0.3 is 11.9 Å². The molecule has 2 rings (SSSR count). The minimum Gasteiger partial charge on any atom is -0.454 e. The number of rotatable bonds is 5. The Bertz CT molecular complexity index is 737. The lowest BCUT2D eigenvalue weighted by Gasteiger charge is -2.06. The zero-order valence-electron chi connectivity index (χ0n) is 12.2. The molecule has 23 heavy (non-hydrogen) atoms. The number of carbonyl (C=O) groups excluding carboxylic acids is 3. The molecule has 118 valence electrons. The molecule has 0 spiro atoms. The van der Waals surface area contributed by atoms with Gasteiger partial charge in [0.25, 0.3) is 0 Å². The van der Waals surface area contributed by atoms with Gasteiger partial charge in [-0.15, -0.1) is 0 Å². The van der Waals surface area contributed by atoms with E-state index >= 15 is 0 Å². The summed E-state index contributed by atoms with van der Waals surface area (Å²) in [6, 6.07) is 12.4. The number of ketones is 1. The fourth-order valence-corrected chi connectivity index (χ4v) is 2.01. The van der Waals surface area contributed by atoms with E-state index in [0.29, 0.717) is 11.3 Å². The summed E-state index contributed by atoms with van der Waals surface area (Å²) in [6.45, 7) is 0.879. The third-order valence-corrected chi connectivity index (χ3v) is 3.20. The largest absolute Gasteiger partial charge is 0.454 e. The fraction of sp³-hybridized carbons (Fsp3) is 0.118. The van der Waals surface area contributed by atoms with E-state index in [1.54, 1.807) is 18.2 Å². The summed E-state index contributed by atoms with van der Waals surface area (Å²) in [6.07, 6.45) is 0. The molecule has 0 atom stereocenters. The highest BCUT2D eigenvalue weighted by Gasteiger charge is 2.14. The van der Waals surface area contributed by atoms with Crippen LogP contribution < -0.4 is 4.74 Å². The Hall–Kier alpha value is -2.66. The maximum atomic E-state index is 12.0. The molecule has 6 heteroatoms. The van der Waals surface area contributed by atoms with Crippen molar-refractivity contribution in [2.45, 2.75) is 6.92 Å². The van der Waals surface area contributed by atoms with Crippen molar-refractivity contribution < 1.29 is 23.9 Å². The van der Waals surface area contributed by atoms with Crippen LogP contribution in [-0.2, 0) is 9.53 Å². The summed E-state index contributed by atoms with van der Waals surface area (Å²) >= 11 is 5.88. The van der Waals surface area contributed by atoms with E-state index in [0.717, 1.165) is 0 Å². The van der Waals surface area contributed by atoms with Crippen LogP contribution in [0.1, 0.15) is 27.6 Å². The molecule has 0 radical (unpaired) electrons. The van der Waals surface area contributed by atoms with Gasteiger partial charge in [-0.05, 0) is 36.4 Å². The van der Waals surface area contributed by atoms with Crippen molar-refractivity contribution >= 4 is 29.3 Å².